The minimum atomic E-state index is -0.0522. The van der Waals surface area contributed by atoms with Crippen molar-refractivity contribution in [2.24, 2.45) is 11.2 Å². The Hall–Kier alpha value is -0.980. The number of hydrogen-bond acceptors (Lipinski definition) is 5. The third-order valence-electron chi connectivity index (χ3n) is 6.00. The number of aryl methyl sites for hydroxylation is 1. The van der Waals surface area contributed by atoms with E-state index >= 15 is 0 Å². The Morgan fingerprint density at radius 2 is 2.29 bits per heavy atom. The number of fused-ring (bicyclic) bond motifs is 2. The summed E-state index contributed by atoms with van der Waals surface area (Å²) >= 11 is 1.99. The molecule has 1 aromatic rings. The molecule has 2 atom stereocenters. The molecule has 0 bridgehead atoms. The van der Waals surface area contributed by atoms with Gasteiger partial charge in [-0.1, -0.05) is 6.92 Å². The SMILES string of the molecule is CCc1cc2c(s1)CCOC21CCN(CC2CN(N=O)C2)[C@@H](C)C1. The van der Waals surface area contributed by atoms with E-state index < -0.39 is 0 Å². The van der Waals surface area contributed by atoms with Crippen LogP contribution in [0.25, 0.3) is 0 Å². The molecule has 3 aliphatic heterocycles. The molecule has 2 fully saturated rings. The average molecular weight is 350 g/mol. The molecule has 1 spiro atoms. The fourth-order valence-electron chi connectivity index (χ4n) is 4.60. The van der Waals surface area contributed by atoms with Crippen LogP contribution in [0.2, 0.25) is 0 Å². The molecule has 6 heteroatoms. The summed E-state index contributed by atoms with van der Waals surface area (Å²) in [6.07, 6.45) is 4.38. The lowest BCUT2D eigenvalue weighted by Gasteiger charge is -2.49. The fraction of sp³-hybridized carbons (Fsp3) is 0.778. The van der Waals surface area contributed by atoms with E-state index in [-0.39, 0.29) is 5.60 Å². The molecule has 0 aliphatic carbocycles. The van der Waals surface area contributed by atoms with Crippen LogP contribution in [0.15, 0.2) is 11.4 Å². The van der Waals surface area contributed by atoms with E-state index in [4.69, 9.17) is 4.74 Å². The highest BCUT2D eigenvalue weighted by Crippen LogP contribution is 2.46. The summed E-state index contributed by atoms with van der Waals surface area (Å²) in [7, 11) is 0. The molecule has 0 aromatic carbocycles. The maximum Gasteiger partial charge on any atom is 0.0969 e. The van der Waals surface area contributed by atoms with Crippen molar-refractivity contribution in [3.63, 3.8) is 0 Å². The van der Waals surface area contributed by atoms with Crippen LogP contribution in [0, 0.1) is 10.8 Å². The van der Waals surface area contributed by atoms with Gasteiger partial charge in [0.15, 0.2) is 0 Å². The second-order valence-corrected chi connectivity index (χ2v) is 8.83. The number of rotatable bonds is 4. The Kier molecular flexibility index (Phi) is 4.39. The summed E-state index contributed by atoms with van der Waals surface area (Å²) < 4.78 is 6.40. The Morgan fingerprint density at radius 3 is 3.00 bits per heavy atom. The Morgan fingerprint density at radius 1 is 1.46 bits per heavy atom. The molecular weight excluding hydrogens is 322 g/mol. The highest BCUT2D eigenvalue weighted by Gasteiger charge is 2.45. The maximum atomic E-state index is 10.5. The molecule has 4 rings (SSSR count). The molecular formula is C18H27N3O2S. The Labute approximate surface area is 147 Å². The van der Waals surface area contributed by atoms with E-state index in [1.165, 1.54) is 10.4 Å². The van der Waals surface area contributed by atoms with Gasteiger partial charge in [0.05, 0.1) is 17.5 Å². The molecule has 24 heavy (non-hydrogen) atoms. The van der Waals surface area contributed by atoms with Gasteiger partial charge in [0.1, 0.15) is 0 Å². The lowest BCUT2D eigenvalue weighted by molar-refractivity contribution is -0.115. The first-order chi connectivity index (χ1) is 11.6. The van der Waals surface area contributed by atoms with Crippen LogP contribution < -0.4 is 0 Å². The van der Waals surface area contributed by atoms with Gasteiger partial charge in [-0.2, -0.15) is 0 Å². The summed E-state index contributed by atoms with van der Waals surface area (Å²) in [5.41, 5.74) is 1.44. The highest BCUT2D eigenvalue weighted by molar-refractivity contribution is 7.12. The van der Waals surface area contributed by atoms with Crippen LogP contribution in [0.4, 0.5) is 0 Å². The summed E-state index contributed by atoms with van der Waals surface area (Å²) in [5.74, 6) is 0.592. The van der Waals surface area contributed by atoms with Gasteiger partial charge in [-0.3, -0.25) is 5.01 Å². The lowest BCUT2D eigenvalue weighted by Crippen LogP contribution is -2.55. The quantitative estimate of drug-likeness (QED) is 0.783. The van der Waals surface area contributed by atoms with Crippen LogP contribution in [-0.2, 0) is 23.2 Å². The number of nitrogens with zero attached hydrogens (tertiary/aromatic N) is 3. The maximum absolute atomic E-state index is 10.5. The number of piperidine rings is 1. The van der Waals surface area contributed by atoms with E-state index in [0.717, 1.165) is 58.5 Å². The Balaban J connectivity index is 1.45. The zero-order valence-electron chi connectivity index (χ0n) is 14.7. The van der Waals surface area contributed by atoms with Crippen molar-refractivity contribution < 1.29 is 4.74 Å². The van der Waals surface area contributed by atoms with Crippen molar-refractivity contribution in [3.8, 4) is 0 Å². The standard InChI is InChI=1S/C18H27N3O2S/c1-3-15-8-16-17(24-15)4-7-23-18(16)5-6-20(13(2)9-18)10-14-11-21(12-14)19-22/h8,13-14H,3-7,9-12H2,1-2H3/t13-,18?/m0/s1. The largest absolute Gasteiger partial charge is 0.370 e. The van der Waals surface area contributed by atoms with E-state index in [1.54, 1.807) is 9.89 Å². The summed E-state index contributed by atoms with van der Waals surface area (Å²) in [4.78, 5) is 16.1. The molecule has 4 heterocycles. The van der Waals surface area contributed by atoms with Crippen LogP contribution in [0.5, 0.6) is 0 Å². The van der Waals surface area contributed by atoms with E-state index in [9.17, 15) is 4.91 Å². The molecule has 5 nitrogen and oxygen atoms in total. The van der Waals surface area contributed by atoms with Gasteiger partial charge in [0.2, 0.25) is 0 Å². The van der Waals surface area contributed by atoms with Gasteiger partial charge in [-0.25, -0.2) is 0 Å². The molecule has 2 saturated heterocycles. The first kappa shape index (κ1) is 16.5. The normalized spacial score (nSPS) is 31.1. The Bertz CT molecular complexity index is 613. The van der Waals surface area contributed by atoms with Gasteiger partial charge >= 0.3 is 0 Å². The molecule has 0 radical (unpaired) electrons. The predicted molar refractivity (Wildman–Crippen MR) is 96.2 cm³/mol. The minimum Gasteiger partial charge on any atom is -0.370 e. The number of thiophene rings is 1. The monoisotopic (exact) mass is 349 g/mol. The number of ether oxygens (including phenoxy) is 1. The molecule has 132 valence electrons. The van der Waals surface area contributed by atoms with Gasteiger partial charge in [0, 0.05) is 54.3 Å². The van der Waals surface area contributed by atoms with Gasteiger partial charge in [0.25, 0.3) is 0 Å². The molecule has 0 N–H and O–H groups in total. The molecule has 3 aliphatic rings. The van der Waals surface area contributed by atoms with Crippen molar-refractivity contribution in [1.29, 1.82) is 0 Å². The second-order valence-electron chi connectivity index (χ2n) is 7.61. The second kappa shape index (κ2) is 6.39. The van der Waals surface area contributed by atoms with Crippen molar-refractivity contribution >= 4 is 11.3 Å². The molecule has 1 aromatic heterocycles. The van der Waals surface area contributed by atoms with Crippen molar-refractivity contribution in [1.82, 2.24) is 9.91 Å². The number of nitroso groups, excluding NO2 is 1. The number of hydrogen-bond donors (Lipinski definition) is 0. The minimum absolute atomic E-state index is 0.0522. The van der Waals surface area contributed by atoms with Crippen LogP contribution >= 0.6 is 11.3 Å². The van der Waals surface area contributed by atoms with Crippen molar-refractivity contribution in [3.05, 3.63) is 26.3 Å². The van der Waals surface area contributed by atoms with E-state index in [1.807, 2.05) is 11.3 Å². The van der Waals surface area contributed by atoms with Crippen LogP contribution in [0.1, 0.15) is 42.0 Å². The predicted octanol–water partition coefficient (Wildman–Crippen LogP) is 3.18. The summed E-state index contributed by atoms with van der Waals surface area (Å²) in [5, 5.41) is 4.63. The number of likely N-dealkylation sites (tertiary alicyclic amines) is 1. The molecule has 0 amide bonds. The van der Waals surface area contributed by atoms with Gasteiger partial charge in [-0.15, -0.1) is 16.2 Å². The van der Waals surface area contributed by atoms with Crippen molar-refractivity contribution in [2.75, 3.05) is 32.8 Å². The average Bonchev–Trinajstić information content (AvgIpc) is 2.97. The lowest BCUT2D eigenvalue weighted by atomic mass is 9.79. The van der Waals surface area contributed by atoms with Gasteiger partial charge < -0.3 is 9.64 Å². The van der Waals surface area contributed by atoms with Crippen LogP contribution in [-0.4, -0.2) is 48.7 Å². The smallest absolute Gasteiger partial charge is 0.0969 e. The summed E-state index contributed by atoms with van der Waals surface area (Å²) in [6.45, 7) is 9.26. The molecule has 1 unspecified atom stereocenters. The van der Waals surface area contributed by atoms with E-state index in [0.29, 0.717) is 12.0 Å². The third kappa shape index (κ3) is 2.78. The first-order valence-corrected chi connectivity index (χ1v) is 10.0. The molecule has 0 saturated carbocycles. The topological polar surface area (TPSA) is 45.1 Å². The third-order valence-corrected chi connectivity index (χ3v) is 7.34. The summed E-state index contributed by atoms with van der Waals surface area (Å²) in [6, 6.07) is 2.94. The highest BCUT2D eigenvalue weighted by atomic mass is 32.1. The van der Waals surface area contributed by atoms with Crippen molar-refractivity contribution in [2.45, 2.75) is 51.2 Å². The zero-order valence-corrected chi connectivity index (χ0v) is 15.5. The fourth-order valence-corrected chi connectivity index (χ4v) is 5.78. The van der Waals surface area contributed by atoms with Gasteiger partial charge in [-0.05, 0) is 37.8 Å². The van der Waals surface area contributed by atoms with Crippen LogP contribution in [0.3, 0.4) is 0 Å². The van der Waals surface area contributed by atoms with E-state index in [2.05, 4.69) is 30.1 Å². The first-order valence-electron chi connectivity index (χ1n) is 9.22. The zero-order chi connectivity index (χ0) is 16.7.